The molecule has 0 N–H and O–H groups in total. The monoisotopic (exact) mass is 463 g/mol. The summed E-state index contributed by atoms with van der Waals surface area (Å²) in [5, 5.41) is 2.07. The summed E-state index contributed by atoms with van der Waals surface area (Å²) in [6, 6.07) is 25.4. The van der Waals surface area contributed by atoms with E-state index in [2.05, 4.69) is 41.1 Å². The lowest BCUT2D eigenvalue weighted by Gasteiger charge is -2.13. The van der Waals surface area contributed by atoms with Gasteiger partial charge in [0.25, 0.3) is 0 Å². The molecule has 7 heteroatoms. The topological polar surface area (TPSA) is 54.7 Å². The van der Waals surface area contributed by atoms with E-state index in [1.54, 1.807) is 23.5 Å². The van der Waals surface area contributed by atoms with E-state index >= 15 is 0 Å². The molecule has 0 saturated heterocycles. The van der Waals surface area contributed by atoms with Gasteiger partial charge in [0.15, 0.2) is 4.80 Å². The Morgan fingerprint density at radius 1 is 0.906 bits per heavy atom. The van der Waals surface area contributed by atoms with Crippen molar-refractivity contribution >= 4 is 27.0 Å². The zero-order valence-corrected chi connectivity index (χ0v) is 19.9. The van der Waals surface area contributed by atoms with Crippen molar-refractivity contribution < 1.29 is 8.42 Å². The molecule has 1 heterocycles. The first-order valence-corrected chi connectivity index (χ1v) is 12.5. The predicted molar refractivity (Wildman–Crippen MR) is 131 cm³/mol. The highest BCUT2D eigenvalue weighted by atomic mass is 32.2. The molecule has 4 rings (SSSR count). The second-order valence-corrected chi connectivity index (χ2v) is 10.7. The van der Waals surface area contributed by atoms with E-state index in [1.807, 2.05) is 42.5 Å². The Balaban J connectivity index is 1.80. The van der Waals surface area contributed by atoms with Gasteiger partial charge in [-0.3, -0.25) is 0 Å². The highest BCUT2D eigenvalue weighted by molar-refractivity contribution is 7.89. The number of sulfonamides is 1. The van der Waals surface area contributed by atoms with E-state index in [0.29, 0.717) is 6.54 Å². The first kappa shape index (κ1) is 22.2. The van der Waals surface area contributed by atoms with Crippen LogP contribution < -0.4 is 4.80 Å². The minimum Gasteiger partial charge on any atom is -0.312 e. The van der Waals surface area contributed by atoms with Crippen LogP contribution >= 0.6 is 11.3 Å². The fourth-order valence-electron chi connectivity index (χ4n) is 3.30. The Morgan fingerprint density at radius 2 is 1.56 bits per heavy atom. The average molecular weight is 464 g/mol. The third-order valence-electron chi connectivity index (χ3n) is 5.17. The van der Waals surface area contributed by atoms with Crippen LogP contribution in [0.5, 0.6) is 0 Å². The number of hydrogen-bond donors (Lipinski definition) is 0. The van der Waals surface area contributed by atoms with Crippen LogP contribution in [0.15, 0.2) is 94.1 Å². The van der Waals surface area contributed by atoms with E-state index in [9.17, 15) is 8.42 Å². The van der Waals surface area contributed by atoms with Gasteiger partial charge >= 0.3 is 0 Å². The van der Waals surface area contributed by atoms with Gasteiger partial charge < -0.3 is 4.57 Å². The van der Waals surface area contributed by atoms with Crippen molar-refractivity contribution in [3.05, 3.63) is 100 Å². The Kier molecular flexibility index (Phi) is 6.41. The molecule has 0 aliphatic heterocycles. The van der Waals surface area contributed by atoms with Gasteiger partial charge in [0, 0.05) is 19.5 Å². The van der Waals surface area contributed by atoms with Crippen molar-refractivity contribution in [3.8, 4) is 11.3 Å². The van der Waals surface area contributed by atoms with Crippen molar-refractivity contribution in [2.24, 2.45) is 4.99 Å². The number of rotatable bonds is 6. The lowest BCUT2D eigenvalue weighted by molar-refractivity contribution is 0.521. The fourth-order valence-corrected chi connectivity index (χ4v) is 5.13. The first-order chi connectivity index (χ1) is 15.3. The van der Waals surface area contributed by atoms with Crippen LogP contribution in [0.2, 0.25) is 0 Å². The van der Waals surface area contributed by atoms with Crippen molar-refractivity contribution in [3.63, 3.8) is 0 Å². The standard InChI is InChI=1S/C25H25N3O2S2/c1-19-9-11-20(12-10-19)17-28-24(18-31-25(28)26-22-7-5-4-6-8-22)21-13-15-23(16-14-21)32(29,30)27(2)3/h4-16,18H,17H2,1-3H3. The van der Waals surface area contributed by atoms with E-state index in [1.165, 1.54) is 29.5 Å². The van der Waals surface area contributed by atoms with Gasteiger partial charge in [0.1, 0.15) is 0 Å². The smallest absolute Gasteiger partial charge is 0.242 e. The van der Waals surface area contributed by atoms with E-state index in [4.69, 9.17) is 4.99 Å². The summed E-state index contributed by atoms with van der Waals surface area (Å²) >= 11 is 1.57. The molecule has 0 saturated carbocycles. The predicted octanol–water partition coefficient (Wildman–Crippen LogP) is 5.06. The van der Waals surface area contributed by atoms with Crippen LogP contribution in [0.25, 0.3) is 11.3 Å². The number of thiazole rings is 1. The van der Waals surface area contributed by atoms with Gasteiger partial charge in [-0.15, -0.1) is 11.3 Å². The largest absolute Gasteiger partial charge is 0.312 e. The Labute approximate surface area is 193 Å². The maximum absolute atomic E-state index is 12.4. The molecular formula is C25H25N3O2S2. The Bertz CT molecular complexity index is 1370. The molecule has 0 amide bonds. The molecule has 32 heavy (non-hydrogen) atoms. The van der Waals surface area contributed by atoms with Gasteiger partial charge in [0.05, 0.1) is 22.8 Å². The fraction of sp³-hybridized carbons (Fsp3) is 0.160. The quantitative estimate of drug-likeness (QED) is 0.402. The van der Waals surface area contributed by atoms with Crippen LogP contribution in [0.4, 0.5) is 5.69 Å². The summed E-state index contributed by atoms with van der Waals surface area (Å²) in [4.78, 5) is 6.02. The molecule has 164 valence electrons. The summed E-state index contributed by atoms with van der Waals surface area (Å²) < 4.78 is 28.3. The molecule has 3 aromatic carbocycles. The SMILES string of the molecule is Cc1ccc(Cn2c(-c3ccc(S(=O)(=O)N(C)C)cc3)csc2=Nc2ccccc2)cc1. The zero-order chi connectivity index (χ0) is 22.7. The molecule has 4 aromatic rings. The summed E-state index contributed by atoms with van der Waals surface area (Å²) in [7, 11) is -0.390. The highest BCUT2D eigenvalue weighted by Crippen LogP contribution is 2.24. The molecule has 1 aromatic heterocycles. The van der Waals surface area contributed by atoms with E-state index in [-0.39, 0.29) is 4.90 Å². The van der Waals surface area contributed by atoms with Crippen molar-refractivity contribution in [2.45, 2.75) is 18.4 Å². The minimum atomic E-state index is -3.46. The third kappa shape index (κ3) is 4.75. The second kappa shape index (κ2) is 9.24. The normalized spacial score (nSPS) is 12.4. The Hall–Kier alpha value is -3.00. The van der Waals surface area contributed by atoms with Crippen molar-refractivity contribution in [1.29, 1.82) is 0 Å². The van der Waals surface area contributed by atoms with Crippen LogP contribution in [-0.2, 0) is 16.6 Å². The van der Waals surface area contributed by atoms with Gasteiger partial charge in [-0.25, -0.2) is 17.7 Å². The summed E-state index contributed by atoms with van der Waals surface area (Å²) in [6.07, 6.45) is 0. The molecule has 0 fully saturated rings. The number of nitrogens with zero attached hydrogens (tertiary/aromatic N) is 3. The number of aryl methyl sites for hydroxylation is 1. The zero-order valence-electron chi connectivity index (χ0n) is 18.3. The molecule has 0 aliphatic carbocycles. The van der Waals surface area contributed by atoms with Crippen LogP contribution in [0.1, 0.15) is 11.1 Å². The molecule has 0 aliphatic rings. The Morgan fingerprint density at radius 3 is 2.19 bits per heavy atom. The number of benzene rings is 3. The molecule has 0 unspecified atom stereocenters. The van der Waals surface area contributed by atoms with E-state index < -0.39 is 10.0 Å². The van der Waals surface area contributed by atoms with Gasteiger partial charge in [-0.2, -0.15) is 0 Å². The molecule has 0 radical (unpaired) electrons. The van der Waals surface area contributed by atoms with E-state index in [0.717, 1.165) is 21.7 Å². The second-order valence-electron chi connectivity index (χ2n) is 7.73. The summed E-state index contributed by atoms with van der Waals surface area (Å²) in [5.74, 6) is 0. The maximum atomic E-state index is 12.4. The number of hydrogen-bond acceptors (Lipinski definition) is 4. The van der Waals surface area contributed by atoms with Crippen molar-refractivity contribution in [1.82, 2.24) is 8.87 Å². The van der Waals surface area contributed by atoms with Gasteiger partial charge in [0.2, 0.25) is 10.0 Å². The maximum Gasteiger partial charge on any atom is 0.242 e. The lowest BCUT2D eigenvalue weighted by Crippen LogP contribution is -2.22. The first-order valence-electron chi connectivity index (χ1n) is 10.2. The molecule has 0 atom stereocenters. The van der Waals surface area contributed by atoms with Crippen LogP contribution in [0.3, 0.4) is 0 Å². The molecular weight excluding hydrogens is 438 g/mol. The number of aromatic nitrogens is 1. The summed E-state index contributed by atoms with van der Waals surface area (Å²) in [6.45, 7) is 2.75. The molecule has 0 bridgehead atoms. The molecule has 0 spiro atoms. The van der Waals surface area contributed by atoms with Gasteiger partial charge in [-0.05, 0) is 42.3 Å². The number of para-hydroxylation sites is 1. The third-order valence-corrected chi connectivity index (χ3v) is 7.86. The average Bonchev–Trinajstić information content (AvgIpc) is 3.18. The lowest BCUT2D eigenvalue weighted by atomic mass is 10.1. The van der Waals surface area contributed by atoms with Crippen LogP contribution in [-0.4, -0.2) is 31.4 Å². The summed E-state index contributed by atoms with van der Waals surface area (Å²) in [5.41, 5.74) is 5.23. The van der Waals surface area contributed by atoms with Crippen molar-refractivity contribution in [2.75, 3.05) is 14.1 Å². The highest BCUT2D eigenvalue weighted by Gasteiger charge is 2.17. The van der Waals surface area contributed by atoms with Crippen LogP contribution in [0, 0.1) is 6.92 Å². The molecule has 5 nitrogen and oxygen atoms in total. The van der Waals surface area contributed by atoms with Gasteiger partial charge in [-0.1, -0.05) is 60.2 Å². The minimum absolute atomic E-state index is 0.278.